The molecule has 0 spiro atoms. The molecule has 2 rings (SSSR count). The van der Waals surface area contributed by atoms with E-state index in [0.717, 1.165) is 31.3 Å². The topological polar surface area (TPSA) is 65.5 Å². The second-order valence-corrected chi connectivity index (χ2v) is 4.27. The number of rotatable bonds is 3. The van der Waals surface area contributed by atoms with Crippen LogP contribution >= 0.6 is 11.3 Å². The summed E-state index contributed by atoms with van der Waals surface area (Å²) in [5.74, 6) is -0.827. The molecule has 82 valence electrons. The Balaban J connectivity index is 2.02. The van der Waals surface area contributed by atoms with E-state index in [2.05, 4.69) is 15.2 Å². The van der Waals surface area contributed by atoms with Crippen LogP contribution in [-0.4, -0.2) is 42.2 Å². The van der Waals surface area contributed by atoms with E-state index < -0.39 is 5.97 Å². The monoisotopic (exact) mass is 227 g/mol. The molecular formula is C9H13N3O2S. The molecule has 0 bridgehead atoms. The van der Waals surface area contributed by atoms with Gasteiger partial charge in [0.2, 0.25) is 0 Å². The minimum absolute atomic E-state index is 0.0165. The van der Waals surface area contributed by atoms with Crippen LogP contribution in [0.2, 0.25) is 0 Å². The number of aromatic nitrogens is 1. The van der Waals surface area contributed by atoms with Crippen LogP contribution in [-0.2, 0) is 11.2 Å². The van der Waals surface area contributed by atoms with Crippen LogP contribution in [0.3, 0.4) is 0 Å². The molecule has 1 aliphatic heterocycles. The minimum Gasteiger partial charge on any atom is -0.481 e. The summed E-state index contributed by atoms with van der Waals surface area (Å²) >= 11 is 1.52. The molecule has 2 N–H and O–H groups in total. The van der Waals surface area contributed by atoms with Gasteiger partial charge in [0.1, 0.15) is 0 Å². The molecule has 1 fully saturated rings. The van der Waals surface area contributed by atoms with Crippen molar-refractivity contribution in [3.63, 3.8) is 0 Å². The van der Waals surface area contributed by atoms with Crippen molar-refractivity contribution in [3.05, 3.63) is 11.1 Å². The maximum absolute atomic E-state index is 10.5. The summed E-state index contributed by atoms with van der Waals surface area (Å²) in [7, 11) is 0. The summed E-state index contributed by atoms with van der Waals surface area (Å²) in [5, 5.41) is 14.7. The predicted octanol–water partition coefficient (Wildman–Crippen LogP) is 0.180. The highest BCUT2D eigenvalue weighted by Gasteiger charge is 2.14. The zero-order valence-electron chi connectivity index (χ0n) is 8.27. The van der Waals surface area contributed by atoms with Crippen LogP contribution in [0.15, 0.2) is 5.38 Å². The molecular weight excluding hydrogens is 214 g/mol. The molecule has 0 unspecified atom stereocenters. The van der Waals surface area contributed by atoms with Crippen molar-refractivity contribution in [2.45, 2.75) is 6.42 Å². The van der Waals surface area contributed by atoms with Gasteiger partial charge in [-0.3, -0.25) is 4.79 Å². The third-order valence-corrected chi connectivity index (χ3v) is 3.21. The van der Waals surface area contributed by atoms with Crippen LogP contribution in [0, 0.1) is 0 Å². The number of hydrogen-bond donors (Lipinski definition) is 2. The minimum atomic E-state index is -0.827. The fourth-order valence-corrected chi connectivity index (χ4v) is 2.41. The van der Waals surface area contributed by atoms with E-state index in [4.69, 9.17) is 5.11 Å². The van der Waals surface area contributed by atoms with E-state index in [1.54, 1.807) is 0 Å². The number of nitrogens with one attached hydrogen (secondary N) is 1. The number of carboxylic acids is 1. The van der Waals surface area contributed by atoms with Gasteiger partial charge in [0, 0.05) is 31.6 Å². The molecule has 1 aromatic rings. The van der Waals surface area contributed by atoms with Gasteiger partial charge in [0.15, 0.2) is 5.13 Å². The lowest BCUT2D eigenvalue weighted by Gasteiger charge is -2.26. The summed E-state index contributed by atoms with van der Waals surface area (Å²) in [5.41, 5.74) is 0.654. The van der Waals surface area contributed by atoms with Crippen LogP contribution in [0.4, 0.5) is 5.13 Å². The van der Waals surface area contributed by atoms with Crippen molar-refractivity contribution in [1.82, 2.24) is 10.3 Å². The predicted molar refractivity (Wildman–Crippen MR) is 58.5 cm³/mol. The average molecular weight is 227 g/mol. The maximum atomic E-state index is 10.5. The Bertz CT molecular complexity index is 347. The van der Waals surface area contributed by atoms with E-state index >= 15 is 0 Å². The molecule has 6 heteroatoms. The molecule has 0 saturated carbocycles. The summed E-state index contributed by atoms with van der Waals surface area (Å²) in [6.45, 7) is 3.82. The number of nitrogens with zero attached hydrogens (tertiary/aromatic N) is 2. The van der Waals surface area contributed by atoms with Crippen molar-refractivity contribution in [2.24, 2.45) is 0 Å². The Kier molecular flexibility index (Phi) is 3.17. The Hall–Kier alpha value is -1.14. The van der Waals surface area contributed by atoms with E-state index in [9.17, 15) is 4.79 Å². The third kappa shape index (κ3) is 2.66. The Morgan fingerprint density at radius 2 is 2.33 bits per heavy atom. The highest BCUT2D eigenvalue weighted by Crippen LogP contribution is 2.20. The third-order valence-electron chi connectivity index (χ3n) is 2.26. The first-order valence-electron chi connectivity index (χ1n) is 4.87. The van der Waals surface area contributed by atoms with Gasteiger partial charge in [-0.05, 0) is 0 Å². The van der Waals surface area contributed by atoms with E-state index in [-0.39, 0.29) is 6.42 Å². The molecule has 1 aliphatic rings. The normalized spacial score (nSPS) is 16.7. The fraction of sp³-hybridized carbons (Fsp3) is 0.556. The second kappa shape index (κ2) is 4.59. The largest absolute Gasteiger partial charge is 0.481 e. The van der Waals surface area contributed by atoms with Crippen molar-refractivity contribution in [1.29, 1.82) is 0 Å². The van der Waals surface area contributed by atoms with Gasteiger partial charge in [-0.25, -0.2) is 4.98 Å². The van der Waals surface area contributed by atoms with E-state index in [0.29, 0.717) is 5.69 Å². The van der Waals surface area contributed by atoms with Gasteiger partial charge in [0.25, 0.3) is 0 Å². The first kappa shape index (κ1) is 10.4. The first-order valence-corrected chi connectivity index (χ1v) is 5.75. The Labute approximate surface area is 91.7 Å². The van der Waals surface area contributed by atoms with Gasteiger partial charge in [0.05, 0.1) is 12.1 Å². The Morgan fingerprint density at radius 1 is 1.60 bits per heavy atom. The molecule has 1 saturated heterocycles. The lowest BCUT2D eigenvalue weighted by Crippen LogP contribution is -2.43. The summed E-state index contributed by atoms with van der Waals surface area (Å²) in [6.07, 6.45) is 0.0165. The summed E-state index contributed by atoms with van der Waals surface area (Å²) < 4.78 is 0. The van der Waals surface area contributed by atoms with Crippen molar-refractivity contribution in [2.75, 3.05) is 31.1 Å². The highest BCUT2D eigenvalue weighted by atomic mass is 32.1. The number of aliphatic carboxylic acids is 1. The lowest BCUT2D eigenvalue weighted by molar-refractivity contribution is -0.136. The lowest BCUT2D eigenvalue weighted by atomic mass is 10.3. The van der Waals surface area contributed by atoms with E-state index in [1.165, 1.54) is 11.3 Å². The molecule has 0 atom stereocenters. The molecule has 0 amide bonds. The van der Waals surface area contributed by atoms with Crippen LogP contribution in [0.1, 0.15) is 5.69 Å². The molecule has 15 heavy (non-hydrogen) atoms. The summed E-state index contributed by atoms with van der Waals surface area (Å²) in [4.78, 5) is 17.0. The Morgan fingerprint density at radius 3 is 3.00 bits per heavy atom. The fourth-order valence-electron chi connectivity index (χ4n) is 1.53. The number of carboxylic acid groups (broad SMARTS) is 1. The molecule has 0 aromatic carbocycles. The van der Waals surface area contributed by atoms with Gasteiger partial charge in [-0.15, -0.1) is 11.3 Å². The second-order valence-electron chi connectivity index (χ2n) is 3.43. The maximum Gasteiger partial charge on any atom is 0.309 e. The average Bonchev–Trinajstić information content (AvgIpc) is 2.67. The molecule has 5 nitrogen and oxygen atoms in total. The number of carbonyl (C=O) groups is 1. The first-order chi connectivity index (χ1) is 7.25. The van der Waals surface area contributed by atoms with Gasteiger partial charge < -0.3 is 15.3 Å². The highest BCUT2D eigenvalue weighted by molar-refractivity contribution is 7.13. The smallest absolute Gasteiger partial charge is 0.309 e. The summed E-state index contributed by atoms with van der Waals surface area (Å²) in [6, 6.07) is 0. The molecule has 0 aliphatic carbocycles. The zero-order valence-corrected chi connectivity index (χ0v) is 9.09. The van der Waals surface area contributed by atoms with Crippen LogP contribution in [0.5, 0.6) is 0 Å². The van der Waals surface area contributed by atoms with Gasteiger partial charge >= 0.3 is 5.97 Å². The number of hydrogen-bond acceptors (Lipinski definition) is 5. The van der Waals surface area contributed by atoms with Crippen molar-refractivity contribution < 1.29 is 9.90 Å². The van der Waals surface area contributed by atoms with E-state index in [1.807, 2.05) is 5.38 Å². The van der Waals surface area contributed by atoms with Gasteiger partial charge in [-0.1, -0.05) is 0 Å². The molecule has 2 heterocycles. The quantitative estimate of drug-likeness (QED) is 0.771. The van der Waals surface area contributed by atoms with Crippen molar-refractivity contribution in [3.8, 4) is 0 Å². The van der Waals surface area contributed by atoms with Gasteiger partial charge in [-0.2, -0.15) is 0 Å². The molecule has 1 aromatic heterocycles. The van der Waals surface area contributed by atoms with Crippen molar-refractivity contribution >= 4 is 22.4 Å². The standard InChI is InChI=1S/C9H13N3O2S/c13-8(14)5-7-6-15-9(11-7)12-3-1-10-2-4-12/h6,10H,1-5H2,(H,13,14). The number of anilines is 1. The number of thiazole rings is 1. The number of piperazine rings is 1. The molecule has 0 radical (unpaired) electrons. The van der Waals surface area contributed by atoms with Crippen LogP contribution in [0.25, 0.3) is 0 Å². The van der Waals surface area contributed by atoms with Crippen LogP contribution < -0.4 is 10.2 Å². The zero-order chi connectivity index (χ0) is 10.7. The SMILES string of the molecule is O=C(O)Cc1csc(N2CCNCC2)n1.